The summed E-state index contributed by atoms with van der Waals surface area (Å²) in [5, 5.41) is 2.56. The van der Waals surface area contributed by atoms with E-state index in [-0.39, 0.29) is 23.0 Å². The molecule has 170 valence electrons. The second kappa shape index (κ2) is 9.54. The number of methoxy groups -OCH3 is 2. The molecular formula is C25H23FN2O4S. The molecule has 0 bridgehead atoms. The Morgan fingerprint density at radius 3 is 2.45 bits per heavy atom. The van der Waals surface area contributed by atoms with Crippen molar-refractivity contribution in [2.24, 2.45) is 0 Å². The molecule has 1 aliphatic rings. The first-order valence-corrected chi connectivity index (χ1v) is 11.3. The molecule has 0 radical (unpaired) electrons. The van der Waals surface area contributed by atoms with Crippen LogP contribution >= 0.6 is 11.8 Å². The van der Waals surface area contributed by atoms with E-state index in [4.69, 9.17) is 9.47 Å². The first-order valence-electron chi connectivity index (χ1n) is 10.2. The summed E-state index contributed by atoms with van der Waals surface area (Å²) in [6.45, 7) is 1.66. The molecule has 0 spiro atoms. The van der Waals surface area contributed by atoms with Gasteiger partial charge in [0.1, 0.15) is 22.7 Å². The fourth-order valence-corrected chi connectivity index (χ4v) is 4.86. The summed E-state index contributed by atoms with van der Waals surface area (Å²) in [7, 11) is 3.04. The number of carbonyl (C=O) groups is 2. The van der Waals surface area contributed by atoms with E-state index in [1.807, 2.05) is 18.2 Å². The third-order valence-corrected chi connectivity index (χ3v) is 6.62. The molecule has 3 aromatic carbocycles. The van der Waals surface area contributed by atoms with Gasteiger partial charge >= 0.3 is 0 Å². The third kappa shape index (κ3) is 4.66. The zero-order valence-electron chi connectivity index (χ0n) is 18.4. The molecule has 8 heteroatoms. The van der Waals surface area contributed by atoms with Gasteiger partial charge in [0.25, 0.3) is 5.91 Å². The number of hydrogen-bond donors (Lipinski definition) is 1. The van der Waals surface area contributed by atoms with Gasteiger partial charge < -0.3 is 14.8 Å². The highest BCUT2D eigenvalue weighted by atomic mass is 32.2. The van der Waals surface area contributed by atoms with E-state index in [0.29, 0.717) is 39.8 Å². The number of rotatable bonds is 6. The van der Waals surface area contributed by atoms with Crippen LogP contribution in [0.2, 0.25) is 0 Å². The summed E-state index contributed by atoms with van der Waals surface area (Å²) < 4.78 is 24.6. The van der Waals surface area contributed by atoms with E-state index < -0.39 is 0 Å². The molecule has 0 aliphatic carbocycles. The van der Waals surface area contributed by atoms with Crippen molar-refractivity contribution in [2.45, 2.75) is 12.3 Å². The largest absolute Gasteiger partial charge is 0.497 e. The molecule has 0 saturated carbocycles. The van der Waals surface area contributed by atoms with Gasteiger partial charge in [0.15, 0.2) is 0 Å². The van der Waals surface area contributed by atoms with Crippen molar-refractivity contribution >= 4 is 35.0 Å². The minimum Gasteiger partial charge on any atom is -0.497 e. The maximum Gasteiger partial charge on any atom is 0.255 e. The standard InChI is InChI=1S/C25H23FN2O4S/c1-15-21(26)8-5-9-22(15)28-23(29)14-33-25(28)16-6-4-7-18(10-16)27-24(30)17-11-19(31-2)13-20(12-17)32-3/h4-13,25H,14H2,1-3H3,(H,27,30). The number of ether oxygens (including phenoxy) is 2. The van der Waals surface area contributed by atoms with Crippen LogP contribution in [0.5, 0.6) is 11.5 Å². The molecule has 0 aromatic heterocycles. The van der Waals surface area contributed by atoms with E-state index in [9.17, 15) is 14.0 Å². The van der Waals surface area contributed by atoms with Crippen LogP contribution in [0.3, 0.4) is 0 Å². The topological polar surface area (TPSA) is 67.9 Å². The van der Waals surface area contributed by atoms with Crippen molar-refractivity contribution in [3.8, 4) is 11.5 Å². The van der Waals surface area contributed by atoms with Gasteiger partial charge in [-0.3, -0.25) is 14.5 Å². The lowest BCUT2D eigenvalue weighted by atomic mass is 10.1. The van der Waals surface area contributed by atoms with Crippen LogP contribution in [0.4, 0.5) is 15.8 Å². The highest BCUT2D eigenvalue weighted by Crippen LogP contribution is 2.43. The Morgan fingerprint density at radius 2 is 1.76 bits per heavy atom. The Kier molecular flexibility index (Phi) is 6.55. The minimum absolute atomic E-state index is 0.0865. The number of hydrogen-bond acceptors (Lipinski definition) is 5. The van der Waals surface area contributed by atoms with Crippen LogP contribution in [0, 0.1) is 12.7 Å². The Morgan fingerprint density at radius 1 is 1.06 bits per heavy atom. The average molecular weight is 467 g/mol. The molecule has 6 nitrogen and oxygen atoms in total. The number of halogens is 1. The Bertz CT molecular complexity index is 1190. The van der Waals surface area contributed by atoms with Crippen molar-refractivity contribution in [1.29, 1.82) is 0 Å². The van der Waals surface area contributed by atoms with Crippen molar-refractivity contribution in [1.82, 2.24) is 0 Å². The SMILES string of the molecule is COc1cc(OC)cc(C(=O)Nc2cccc(C3SCC(=O)N3c3cccc(F)c3C)c2)c1. The number of carbonyl (C=O) groups excluding carboxylic acids is 2. The van der Waals surface area contributed by atoms with Gasteiger partial charge in [0.05, 0.1) is 25.7 Å². The van der Waals surface area contributed by atoms with Gasteiger partial charge in [-0.05, 0) is 48.9 Å². The Labute approximate surface area is 195 Å². The van der Waals surface area contributed by atoms with Gasteiger partial charge in [0.2, 0.25) is 5.91 Å². The van der Waals surface area contributed by atoms with Gasteiger partial charge in [-0.15, -0.1) is 11.8 Å². The van der Waals surface area contributed by atoms with Gasteiger partial charge in [-0.2, -0.15) is 0 Å². The molecule has 1 unspecified atom stereocenters. The molecular weight excluding hydrogens is 443 g/mol. The van der Waals surface area contributed by atoms with E-state index in [1.54, 1.807) is 48.2 Å². The van der Waals surface area contributed by atoms with Crippen molar-refractivity contribution in [3.63, 3.8) is 0 Å². The van der Waals surface area contributed by atoms with Crippen LogP contribution in [-0.4, -0.2) is 31.8 Å². The summed E-state index contributed by atoms with van der Waals surface area (Å²) in [5.41, 5.74) is 2.77. The molecule has 1 heterocycles. The fraction of sp³-hybridized carbons (Fsp3) is 0.200. The molecule has 1 atom stereocenters. The van der Waals surface area contributed by atoms with Crippen LogP contribution < -0.4 is 19.7 Å². The zero-order chi connectivity index (χ0) is 23.5. The predicted octanol–water partition coefficient (Wildman–Crippen LogP) is 5.18. The van der Waals surface area contributed by atoms with Crippen molar-refractivity contribution in [3.05, 3.63) is 83.2 Å². The second-order valence-corrected chi connectivity index (χ2v) is 8.56. The first kappa shape index (κ1) is 22.7. The number of anilines is 2. The van der Waals surface area contributed by atoms with Crippen LogP contribution in [0.1, 0.15) is 26.9 Å². The number of benzene rings is 3. The Hall–Kier alpha value is -3.52. The maximum atomic E-state index is 14.2. The molecule has 2 amide bonds. The molecule has 3 aromatic rings. The highest BCUT2D eigenvalue weighted by molar-refractivity contribution is 8.00. The first-order chi connectivity index (χ1) is 15.9. The van der Waals surface area contributed by atoms with Crippen molar-refractivity contribution in [2.75, 3.05) is 30.2 Å². The summed E-state index contributed by atoms with van der Waals surface area (Å²) in [5.74, 6) is 0.547. The average Bonchev–Trinajstić information content (AvgIpc) is 3.21. The normalized spacial score (nSPS) is 15.5. The van der Waals surface area contributed by atoms with E-state index in [2.05, 4.69) is 5.32 Å². The quantitative estimate of drug-likeness (QED) is 0.542. The smallest absolute Gasteiger partial charge is 0.255 e. The van der Waals surface area contributed by atoms with Crippen LogP contribution in [0.15, 0.2) is 60.7 Å². The summed E-state index contributed by atoms with van der Waals surface area (Å²) in [6.07, 6.45) is 0. The number of amides is 2. The second-order valence-electron chi connectivity index (χ2n) is 7.49. The maximum absolute atomic E-state index is 14.2. The van der Waals surface area contributed by atoms with Gasteiger partial charge in [-0.25, -0.2) is 4.39 Å². The highest BCUT2D eigenvalue weighted by Gasteiger charge is 2.35. The molecule has 1 N–H and O–H groups in total. The van der Waals surface area contributed by atoms with Gasteiger partial charge in [-0.1, -0.05) is 18.2 Å². The van der Waals surface area contributed by atoms with E-state index in [1.165, 1.54) is 32.0 Å². The van der Waals surface area contributed by atoms with Crippen LogP contribution in [-0.2, 0) is 4.79 Å². The lowest BCUT2D eigenvalue weighted by Crippen LogP contribution is -2.28. The van der Waals surface area contributed by atoms with Gasteiger partial charge in [0, 0.05) is 22.9 Å². The summed E-state index contributed by atoms with van der Waals surface area (Å²) in [6, 6.07) is 17.0. The summed E-state index contributed by atoms with van der Waals surface area (Å²) in [4.78, 5) is 27.2. The lowest BCUT2D eigenvalue weighted by Gasteiger charge is -2.26. The lowest BCUT2D eigenvalue weighted by molar-refractivity contribution is -0.115. The molecule has 1 aliphatic heterocycles. The number of nitrogens with one attached hydrogen (secondary N) is 1. The molecule has 4 rings (SSSR count). The monoisotopic (exact) mass is 466 g/mol. The van der Waals surface area contributed by atoms with E-state index in [0.717, 1.165) is 5.56 Å². The predicted molar refractivity (Wildman–Crippen MR) is 128 cm³/mol. The molecule has 33 heavy (non-hydrogen) atoms. The third-order valence-electron chi connectivity index (χ3n) is 5.41. The number of thioether (sulfide) groups is 1. The van der Waals surface area contributed by atoms with Crippen molar-refractivity contribution < 1.29 is 23.5 Å². The number of nitrogens with zero attached hydrogens (tertiary/aromatic N) is 1. The molecule has 1 fully saturated rings. The zero-order valence-corrected chi connectivity index (χ0v) is 19.2. The van der Waals surface area contributed by atoms with E-state index >= 15 is 0 Å². The summed E-state index contributed by atoms with van der Waals surface area (Å²) >= 11 is 1.46. The molecule has 1 saturated heterocycles. The van der Waals surface area contributed by atoms with Crippen LogP contribution in [0.25, 0.3) is 0 Å². The Balaban J connectivity index is 1.61. The fourth-order valence-electron chi connectivity index (χ4n) is 3.70. The minimum atomic E-state index is -0.356.